The van der Waals surface area contributed by atoms with Gasteiger partial charge in [-0.25, -0.2) is 4.98 Å². The van der Waals surface area contributed by atoms with Crippen molar-refractivity contribution in [3.8, 4) is 22.6 Å². The molecule has 150 valence electrons. The number of likely N-dealkylation sites (tertiary alicyclic amines) is 1. The standard InChI is InChI=1S/C22H19ClN6O/c23-16-10-5-4-9-15(16)17-13-18(26-25-17)22(30)29-12-6-11-19(29)21-24-20(27-28-21)14-7-2-1-3-8-14/h1-5,7-10,13,19H,6,11-12H2,(H,25,26)(H,24,27,28)/t19-/m1/s1. The fraction of sp³-hybridized carbons (Fsp3) is 0.182. The summed E-state index contributed by atoms with van der Waals surface area (Å²) in [6, 6.07) is 18.8. The van der Waals surface area contributed by atoms with Crippen molar-refractivity contribution >= 4 is 17.5 Å². The highest BCUT2D eigenvalue weighted by Crippen LogP contribution is 2.33. The Morgan fingerprint density at radius 3 is 2.67 bits per heavy atom. The molecule has 7 nitrogen and oxygen atoms in total. The van der Waals surface area contributed by atoms with Crippen LogP contribution in [0.5, 0.6) is 0 Å². The Balaban J connectivity index is 1.39. The monoisotopic (exact) mass is 418 g/mol. The summed E-state index contributed by atoms with van der Waals surface area (Å²) in [5, 5.41) is 15.1. The average Bonchev–Trinajstić information content (AvgIpc) is 3.54. The van der Waals surface area contributed by atoms with Crippen molar-refractivity contribution in [3.05, 3.63) is 77.2 Å². The third-order valence-electron chi connectivity index (χ3n) is 5.32. The number of benzene rings is 2. The van der Waals surface area contributed by atoms with E-state index in [4.69, 9.17) is 11.6 Å². The van der Waals surface area contributed by atoms with Gasteiger partial charge in [-0.3, -0.25) is 15.0 Å². The molecule has 0 unspecified atom stereocenters. The molecule has 2 aromatic carbocycles. The van der Waals surface area contributed by atoms with Crippen LogP contribution in [0.1, 0.15) is 35.2 Å². The van der Waals surface area contributed by atoms with Gasteiger partial charge in [0.1, 0.15) is 11.5 Å². The number of carbonyl (C=O) groups excluding carboxylic acids is 1. The van der Waals surface area contributed by atoms with Crippen molar-refractivity contribution in [2.45, 2.75) is 18.9 Å². The van der Waals surface area contributed by atoms with Crippen molar-refractivity contribution in [1.29, 1.82) is 0 Å². The molecule has 0 spiro atoms. The maximum absolute atomic E-state index is 13.2. The van der Waals surface area contributed by atoms with Crippen LogP contribution in [0.15, 0.2) is 60.7 Å². The van der Waals surface area contributed by atoms with Crippen molar-refractivity contribution in [2.24, 2.45) is 0 Å². The van der Waals surface area contributed by atoms with Crippen LogP contribution in [0.25, 0.3) is 22.6 Å². The molecule has 8 heteroatoms. The molecule has 0 bridgehead atoms. The highest BCUT2D eigenvalue weighted by molar-refractivity contribution is 6.33. The minimum absolute atomic E-state index is 0.110. The summed E-state index contributed by atoms with van der Waals surface area (Å²) in [6.07, 6.45) is 1.74. The molecule has 3 heterocycles. The molecule has 1 atom stereocenters. The highest BCUT2D eigenvalue weighted by Gasteiger charge is 2.34. The zero-order valence-corrected chi connectivity index (χ0v) is 16.8. The maximum Gasteiger partial charge on any atom is 0.272 e. The molecule has 1 aliphatic rings. The maximum atomic E-state index is 13.2. The van der Waals surface area contributed by atoms with Gasteiger partial charge in [0.15, 0.2) is 5.82 Å². The lowest BCUT2D eigenvalue weighted by atomic mass is 10.1. The van der Waals surface area contributed by atoms with Crippen molar-refractivity contribution in [1.82, 2.24) is 30.3 Å². The summed E-state index contributed by atoms with van der Waals surface area (Å²) in [6.45, 7) is 0.658. The number of H-pyrrole nitrogens is 2. The van der Waals surface area contributed by atoms with Crippen LogP contribution >= 0.6 is 11.6 Å². The fourth-order valence-corrected chi connectivity index (χ4v) is 4.06. The van der Waals surface area contributed by atoms with Crippen LogP contribution in [0, 0.1) is 0 Å². The van der Waals surface area contributed by atoms with Crippen LogP contribution < -0.4 is 0 Å². The first-order chi connectivity index (χ1) is 14.7. The molecular formula is C22H19ClN6O. The largest absolute Gasteiger partial charge is 0.327 e. The summed E-state index contributed by atoms with van der Waals surface area (Å²) >= 11 is 6.26. The lowest BCUT2D eigenvalue weighted by Gasteiger charge is -2.22. The second kappa shape index (κ2) is 7.76. The van der Waals surface area contributed by atoms with Gasteiger partial charge >= 0.3 is 0 Å². The Hall–Kier alpha value is -3.45. The number of rotatable bonds is 4. The third kappa shape index (κ3) is 3.37. The topological polar surface area (TPSA) is 90.6 Å². The Labute approximate surface area is 178 Å². The molecule has 2 aromatic heterocycles. The number of aromatic nitrogens is 5. The number of nitrogens with one attached hydrogen (secondary N) is 2. The zero-order valence-electron chi connectivity index (χ0n) is 16.0. The van der Waals surface area contributed by atoms with Gasteiger partial charge in [0.25, 0.3) is 5.91 Å². The van der Waals surface area contributed by atoms with Gasteiger partial charge in [0.05, 0.1) is 16.8 Å². The number of nitrogens with zero attached hydrogens (tertiary/aromatic N) is 4. The Bertz CT molecular complexity index is 1190. The van der Waals surface area contributed by atoms with Crippen LogP contribution in [-0.2, 0) is 0 Å². The van der Waals surface area contributed by atoms with Crippen molar-refractivity contribution in [2.75, 3.05) is 6.54 Å². The number of hydrogen-bond donors (Lipinski definition) is 2. The number of amides is 1. The van der Waals surface area contributed by atoms with Crippen LogP contribution in [-0.4, -0.2) is 42.7 Å². The normalized spacial score (nSPS) is 16.2. The van der Waals surface area contributed by atoms with E-state index in [1.807, 2.05) is 53.4 Å². The summed E-state index contributed by atoms with van der Waals surface area (Å²) in [5.41, 5.74) is 2.80. The van der Waals surface area contributed by atoms with E-state index < -0.39 is 0 Å². The minimum Gasteiger partial charge on any atom is -0.327 e. The average molecular weight is 419 g/mol. The Kier molecular flexibility index (Phi) is 4.80. The molecular weight excluding hydrogens is 400 g/mol. The molecule has 0 aliphatic carbocycles. The summed E-state index contributed by atoms with van der Waals surface area (Å²) in [7, 11) is 0. The number of aromatic amines is 2. The molecule has 5 rings (SSSR count). The first-order valence-corrected chi connectivity index (χ1v) is 10.2. The smallest absolute Gasteiger partial charge is 0.272 e. The SMILES string of the molecule is O=C(c1cc(-c2ccccc2Cl)n[nH]1)N1CCC[C@@H]1c1nc(-c2ccccc2)n[nH]1. The van der Waals surface area contributed by atoms with Crippen molar-refractivity contribution < 1.29 is 4.79 Å². The lowest BCUT2D eigenvalue weighted by molar-refractivity contribution is 0.0724. The van der Waals surface area contributed by atoms with Crippen molar-refractivity contribution in [3.63, 3.8) is 0 Å². The van der Waals surface area contributed by atoms with Gasteiger partial charge in [0.2, 0.25) is 0 Å². The molecule has 4 aromatic rings. The number of carbonyl (C=O) groups is 1. The van der Waals surface area contributed by atoms with E-state index in [1.54, 1.807) is 12.1 Å². The van der Waals surface area contributed by atoms with E-state index >= 15 is 0 Å². The van der Waals surface area contributed by atoms with E-state index in [0.717, 1.165) is 24.0 Å². The number of hydrogen-bond acceptors (Lipinski definition) is 4. The number of halogens is 1. The summed E-state index contributed by atoms with van der Waals surface area (Å²) in [5.74, 6) is 1.22. The molecule has 1 amide bonds. The van der Waals surface area contributed by atoms with Gasteiger partial charge in [-0.2, -0.15) is 10.2 Å². The van der Waals surface area contributed by atoms with Gasteiger partial charge in [-0.15, -0.1) is 0 Å². The van der Waals surface area contributed by atoms with Crippen LogP contribution in [0.2, 0.25) is 5.02 Å². The minimum atomic E-state index is -0.144. The quantitative estimate of drug-likeness (QED) is 0.510. The van der Waals surface area contributed by atoms with Gasteiger partial charge in [0, 0.05) is 17.7 Å². The van der Waals surface area contributed by atoms with Crippen LogP contribution in [0.4, 0.5) is 0 Å². The first-order valence-electron chi connectivity index (χ1n) is 9.80. The van der Waals surface area contributed by atoms with E-state index in [2.05, 4.69) is 25.4 Å². The highest BCUT2D eigenvalue weighted by atomic mass is 35.5. The zero-order chi connectivity index (χ0) is 20.5. The molecule has 1 fully saturated rings. The molecule has 0 saturated carbocycles. The van der Waals surface area contributed by atoms with E-state index in [0.29, 0.717) is 34.6 Å². The Morgan fingerprint density at radius 1 is 1.03 bits per heavy atom. The molecule has 1 saturated heterocycles. The molecule has 30 heavy (non-hydrogen) atoms. The van der Waals surface area contributed by atoms with E-state index in [1.165, 1.54) is 0 Å². The van der Waals surface area contributed by atoms with Crippen LogP contribution in [0.3, 0.4) is 0 Å². The van der Waals surface area contributed by atoms with Gasteiger partial charge < -0.3 is 4.90 Å². The first kappa shape index (κ1) is 18.6. The molecule has 2 N–H and O–H groups in total. The second-order valence-electron chi connectivity index (χ2n) is 7.21. The summed E-state index contributed by atoms with van der Waals surface area (Å²) < 4.78 is 0. The fourth-order valence-electron chi connectivity index (χ4n) is 3.83. The Morgan fingerprint density at radius 2 is 1.83 bits per heavy atom. The van der Waals surface area contributed by atoms with Gasteiger partial charge in [-0.1, -0.05) is 60.1 Å². The summed E-state index contributed by atoms with van der Waals surface area (Å²) in [4.78, 5) is 19.7. The molecule has 0 radical (unpaired) electrons. The van der Waals surface area contributed by atoms with E-state index in [9.17, 15) is 4.79 Å². The predicted molar refractivity (Wildman–Crippen MR) is 114 cm³/mol. The van der Waals surface area contributed by atoms with Gasteiger partial charge in [-0.05, 0) is 25.0 Å². The second-order valence-corrected chi connectivity index (χ2v) is 7.62. The molecule has 1 aliphatic heterocycles. The third-order valence-corrected chi connectivity index (χ3v) is 5.65. The lowest BCUT2D eigenvalue weighted by Crippen LogP contribution is -2.31. The van der Waals surface area contributed by atoms with E-state index in [-0.39, 0.29) is 11.9 Å². The predicted octanol–water partition coefficient (Wildman–Crippen LogP) is 4.49.